The number of thiophene rings is 1. The van der Waals surface area contributed by atoms with Gasteiger partial charge in [0.05, 0.1) is 24.1 Å². The lowest BCUT2D eigenvalue weighted by atomic mass is 9.96. The number of carbonyl (C=O) groups excluding carboxylic acids is 1. The Hall–Kier alpha value is -3.21. The number of piperidine rings is 1. The van der Waals surface area contributed by atoms with Gasteiger partial charge in [0.2, 0.25) is 0 Å². The Kier molecular flexibility index (Phi) is 6.61. The summed E-state index contributed by atoms with van der Waals surface area (Å²) in [5.74, 6) is 0.309. The Morgan fingerprint density at radius 2 is 2.06 bits per heavy atom. The minimum atomic E-state index is -0.253. The molecule has 0 unspecified atom stereocenters. The van der Waals surface area contributed by atoms with Crippen molar-refractivity contribution < 1.29 is 4.79 Å². The maximum atomic E-state index is 13.1. The topological polar surface area (TPSA) is 115 Å². The predicted molar refractivity (Wildman–Crippen MR) is 140 cm³/mol. The van der Waals surface area contributed by atoms with E-state index in [4.69, 9.17) is 11.5 Å². The van der Waals surface area contributed by atoms with Gasteiger partial charge in [0.25, 0.3) is 5.91 Å². The zero-order chi connectivity index (χ0) is 23.5. The van der Waals surface area contributed by atoms with Crippen molar-refractivity contribution in [2.24, 2.45) is 11.7 Å². The summed E-state index contributed by atoms with van der Waals surface area (Å²) < 4.78 is 1.88. The molecule has 1 aliphatic rings. The smallest absolute Gasteiger partial charge is 0.275 e. The Balaban J connectivity index is 1.29. The fourth-order valence-corrected chi connectivity index (χ4v) is 5.63. The molecule has 34 heavy (non-hydrogen) atoms. The molecule has 1 aromatic carbocycles. The van der Waals surface area contributed by atoms with Gasteiger partial charge in [0.15, 0.2) is 0 Å². The molecule has 1 amide bonds. The van der Waals surface area contributed by atoms with E-state index in [2.05, 4.69) is 31.7 Å². The van der Waals surface area contributed by atoms with Gasteiger partial charge in [-0.3, -0.25) is 9.48 Å². The molecule has 176 valence electrons. The van der Waals surface area contributed by atoms with Crippen LogP contribution in [0.4, 0.5) is 17.1 Å². The largest absolute Gasteiger partial charge is 0.399 e. The van der Waals surface area contributed by atoms with Crippen molar-refractivity contribution in [3.05, 3.63) is 64.1 Å². The zero-order valence-corrected chi connectivity index (χ0v) is 20.3. The average molecular weight is 494 g/mol. The standard InChI is InChI=1S/C24H27N7OS2/c25-11-16-5-7-30(8-6-16)22-4-3-18(26)10-20(22)28-23(32)21-15-34-24(29-21)17-12-27-31(13-17)14-19-2-1-9-33-19/h1-4,9-10,12-13,15-16H,5-8,11,14,25-26H2,(H,28,32). The Labute approximate surface area is 206 Å². The molecule has 0 spiro atoms. The lowest BCUT2D eigenvalue weighted by Gasteiger charge is -2.34. The van der Waals surface area contributed by atoms with Gasteiger partial charge in [-0.15, -0.1) is 22.7 Å². The molecule has 5 N–H and O–H groups in total. The van der Waals surface area contributed by atoms with Gasteiger partial charge in [-0.25, -0.2) is 4.98 Å². The van der Waals surface area contributed by atoms with E-state index in [1.165, 1.54) is 16.2 Å². The third kappa shape index (κ3) is 4.98. The van der Waals surface area contributed by atoms with Crippen LogP contribution in [0, 0.1) is 5.92 Å². The first-order valence-electron chi connectivity index (χ1n) is 11.3. The lowest BCUT2D eigenvalue weighted by Crippen LogP contribution is -2.36. The third-order valence-electron chi connectivity index (χ3n) is 6.07. The molecule has 4 heterocycles. The number of rotatable bonds is 7. The summed E-state index contributed by atoms with van der Waals surface area (Å²) in [5.41, 5.74) is 15.4. The highest BCUT2D eigenvalue weighted by molar-refractivity contribution is 7.13. The first kappa shape index (κ1) is 22.6. The highest BCUT2D eigenvalue weighted by Gasteiger charge is 2.22. The number of benzene rings is 1. The van der Waals surface area contributed by atoms with Crippen molar-refractivity contribution in [3.8, 4) is 10.6 Å². The zero-order valence-electron chi connectivity index (χ0n) is 18.7. The normalized spacial score (nSPS) is 14.4. The van der Waals surface area contributed by atoms with Gasteiger partial charge in [-0.2, -0.15) is 5.10 Å². The monoisotopic (exact) mass is 493 g/mol. The van der Waals surface area contributed by atoms with Crippen molar-refractivity contribution in [3.63, 3.8) is 0 Å². The van der Waals surface area contributed by atoms with E-state index in [1.54, 1.807) is 22.9 Å². The molecular formula is C24H27N7OS2. The molecule has 8 nitrogen and oxygen atoms in total. The summed E-state index contributed by atoms with van der Waals surface area (Å²) in [6.07, 6.45) is 5.84. The second kappa shape index (κ2) is 9.96. The molecule has 1 saturated heterocycles. The van der Waals surface area contributed by atoms with E-state index in [9.17, 15) is 4.79 Å². The number of aromatic nitrogens is 3. The maximum Gasteiger partial charge on any atom is 0.275 e. The van der Waals surface area contributed by atoms with Gasteiger partial charge >= 0.3 is 0 Å². The highest BCUT2D eigenvalue weighted by Crippen LogP contribution is 2.32. The van der Waals surface area contributed by atoms with Crippen LogP contribution in [0.1, 0.15) is 28.2 Å². The van der Waals surface area contributed by atoms with E-state index in [-0.39, 0.29) is 5.91 Å². The van der Waals surface area contributed by atoms with Gasteiger partial charge in [-0.1, -0.05) is 6.07 Å². The van der Waals surface area contributed by atoms with Crippen molar-refractivity contribution in [2.45, 2.75) is 19.4 Å². The fraction of sp³-hybridized carbons (Fsp3) is 0.292. The summed E-state index contributed by atoms with van der Waals surface area (Å²) >= 11 is 3.13. The van der Waals surface area contributed by atoms with Crippen molar-refractivity contribution in [1.82, 2.24) is 14.8 Å². The second-order valence-electron chi connectivity index (χ2n) is 8.44. The number of amides is 1. The summed E-state index contributed by atoms with van der Waals surface area (Å²) in [4.78, 5) is 21.2. The first-order chi connectivity index (χ1) is 16.6. The molecule has 0 radical (unpaired) electrons. The number of thiazole rings is 1. The first-order valence-corrected chi connectivity index (χ1v) is 13.0. The van der Waals surface area contributed by atoms with Gasteiger partial charge in [0.1, 0.15) is 10.7 Å². The predicted octanol–water partition coefficient (Wildman–Crippen LogP) is 4.13. The van der Waals surface area contributed by atoms with E-state index in [0.29, 0.717) is 23.0 Å². The number of nitrogens with zero attached hydrogens (tertiary/aromatic N) is 4. The van der Waals surface area contributed by atoms with E-state index >= 15 is 0 Å². The summed E-state index contributed by atoms with van der Waals surface area (Å²) in [6, 6.07) is 9.77. The number of nitrogens with two attached hydrogens (primary N) is 2. The van der Waals surface area contributed by atoms with Crippen molar-refractivity contribution >= 4 is 45.6 Å². The summed E-state index contributed by atoms with van der Waals surface area (Å²) in [7, 11) is 0. The molecule has 5 rings (SSSR count). The molecule has 0 bridgehead atoms. The molecule has 0 atom stereocenters. The number of carbonyl (C=O) groups is 1. The lowest BCUT2D eigenvalue weighted by molar-refractivity contribution is 0.102. The van der Waals surface area contributed by atoms with Crippen LogP contribution < -0.4 is 21.7 Å². The molecule has 4 aromatic rings. The highest BCUT2D eigenvalue weighted by atomic mass is 32.1. The minimum Gasteiger partial charge on any atom is -0.399 e. The van der Waals surface area contributed by atoms with E-state index in [0.717, 1.165) is 55.3 Å². The second-order valence-corrected chi connectivity index (χ2v) is 10.3. The molecular weight excluding hydrogens is 466 g/mol. The van der Waals surface area contributed by atoms with Gasteiger partial charge < -0.3 is 21.7 Å². The van der Waals surface area contributed by atoms with Crippen LogP contribution in [0.3, 0.4) is 0 Å². The summed E-state index contributed by atoms with van der Waals surface area (Å²) in [6.45, 7) is 3.26. The van der Waals surface area contributed by atoms with Gasteiger partial charge in [0, 0.05) is 40.8 Å². The maximum absolute atomic E-state index is 13.1. The van der Waals surface area contributed by atoms with Crippen LogP contribution in [-0.2, 0) is 6.54 Å². The molecule has 1 aliphatic heterocycles. The average Bonchev–Trinajstić information content (AvgIpc) is 3.62. The molecule has 10 heteroatoms. The van der Waals surface area contributed by atoms with Crippen molar-refractivity contribution in [1.29, 1.82) is 0 Å². The number of hydrogen-bond acceptors (Lipinski definition) is 8. The van der Waals surface area contributed by atoms with Crippen LogP contribution in [-0.4, -0.2) is 40.3 Å². The quantitative estimate of drug-likeness (QED) is 0.334. The number of nitrogen functional groups attached to an aromatic ring is 1. The van der Waals surface area contributed by atoms with Crippen LogP contribution in [0.15, 0.2) is 53.5 Å². The van der Waals surface area contributed by atoms with Gasteiger partial charge in [-0.05, 0) is 54.9 Å². The number of anilines is 3. The van der Waals surface area contributed by atoms with E-state index < -0.39 is 0 Å². The number of nitrogens with one attached hydrogen (secondary N) is 1. The Morgan fingerprint density at radius 1 is 1.21 bits per heavy atom. The SMILES string of the molecule is NCC1CCN(c2ccc(N)cc2NC(=O)c2csc(-c3cnn(Cc4cccs4)c3)n2)CC1. The van der Waals surface area contributed by atoms with E-state index in [1.807, 2.05) is 35.1 Å². The summed E-state index contributed by atoms with van der Waals surface area (Å²) in [5, 5.41) is 12.1. The molecule has 3 aromatic heterocycles. The minimum absolute atomic E-state index is 0.253. The van der Waals surface area contributed by atoms with Crippen LogP contribution >= 0.6 is 22.7 Å². The number of hydrogen-bond donors (Lipinski definition) is 3. The molecule has 0 aliphatic carbocycles. The fourth-order valence-electron chi connectivity index (χ4n) is 4.16. The molecule has 0 saturated carbocycles. The van der Waals surface area contributed by atoms with Crippen LogP contribution in [0.5, 0.6) is 0 Å². The van der Waals surface area contributed by atoms with Crippen LogP contribution in [0.25, 0.3) is 10.6 Å². The third-order valence-corrected chi connectivity index (χ3v) is 7.82. The van der Waals surface area contributed by atoms with Crippen molar-refractivity contribution in [2.75, 3.05) is 35.6 Å². The Morgan fingerprint density at radius 3 is 2.82 bits per heavy atom. The Bertz CT molecular complexity index is 1260. The molecule has 1 fully saturated rings. The van der Waals surface area contributed by atoms with Crippen LogP contribution in [0.2, 0.25) is 0 Å².